The fourth-order valence-electron chi connectivity index (χ4n) is 1.98. The highest BCUT2D eigenvalue weighted by Crippen LogP contribution is 2.21. The topological polar surface area (TPSA) is 76.0 Å². The van der Waals surface area contributed by atoms with Gasteiger partial charge in [0.25, 0.3) is 5.91 Å². The Morgan fingerprint density at radius 2 is 1.88 bits per heavy atom. The van der Waals surface area contributed by atoms with Crippen LogP contribution in [0.25, 0.3) is 5.69 Å². The fourth-order valence-corrected chi connectivity index (χ4v) is 2.52. The Hall–Kier alpha value is -2.49. The van der Waals surface area contributed by atoms with E-state index in [4.69, 9.17) is 0 Å². The summed E-state index contributed by atoms with van der Waals surface area (Å²) in [5, 5.41) is 4.55. The zero-order chi connectivity index (χ0) is 18.4. The Morgan fingerprint density at radius 1 is 1.20 bits per heavy atom. The first-order valence-corrected chi connectivity index (χ1v) is 8.33. The van der Waals surface area contributed by atoms with Crippen LogP contribution >= 0.6 is 11.8 Å². The Balaban J connectivity index is 2.08. The summed E-state index contributed by atoms with van der Waals surface area (Å²) < 4.78 is 37.7. The normalized spacial score (nSPS) is 11.2. The number of aromatic nitrogens is 2. The van der Waals surface area contributed by atoms with Crippen LogP contribution < -0.4 is 10.6 Å². The zero-order valence-corrected chi connectivity index (χ0v) is 13.9. The Kier molecular flexibility index (Phi) is 6.07. The van der Waals surface area contributed by atoms with Crippen LogP contribution in [0.3, 0.4) is 0 Å². The highest BCUT2D eigenvalue weighted by atomic mass is 32.2. The largest absolute Gasteiger partial charge is 0.405 e. The minimum atomic E-state index is -4.50. The molecule has 2 aromatic rings. The van der Waals surface area contributed by atoms with E-state index in [1.165, 1.54) is 18.0 Å². The molecular formula is C15H15F3N4O2S. The molecule has 0 spiro atoms. The van der Waals surface area contributed by atoms with E-state index in [2.05, 4.69) is 10.3 Å². The number of alkyl halides is 3. The number of para-hydroxylation sites is 1. The second-order valence-corrected chi connectivity index (χ2v) is 5.65. The van der Waals surface area contributed by atoms with Gasteiger partial charge in [0, 0.05) is 5.69 Å². The molecule has 0 fully saturated rings. The first kappa shape index (κ1) is 18.8. The third-order valence-electron chi connectivity index (χ3n) is 3.05. The molecule has 25 heavy (non-hydrogen) atoms. The first-order valence-electron chi connectivity index (χ1n) is 7.10. The highest BCUT2D eigenvalue weighted by Gasteiger charge is 2.27. The molecule has 0 radical (unpaired) electrons. The molecule has 0 aliphatic rings. The molecule has 1 aromatic carbocycles. The number of nitrogens with zero attached hydrogens (tertiary/aromatic N) is 2. The molecule has 0 saturated carbocycles. The molecule has 0 unspecified atom stereocenters. The van der Waals surface area contributed by atoms with Crippen molar-refractivity contribution >= 4 is 23.6 Å². The summed E-state index contributed by atoms with van der Waals surface area (Å²) in [6.45, 7) is -2.01. The van der Waals surface area contributed by atoms with E-state index in [1.807, 2.05) is 6.07 Å². The van der Waals surface area contributed by atoms with Crippen molar-refractivity contribution < 1.29 is 22.8 Å². The smallest absolute Gasteiger partial charge is 0.345 e. The van der Waals surface area contributed by atoms with Crippen molar-refractivity contribution in [3.63, 3.8) is 0 Å². The van der Waals surface area contributed by atoms with Gasteiger partial charge in [0.1, 0.15) is 12.2 Å². The number of amides is 2. The van der Waals surface area contributed by atoms with Crippen LogP contribution in [0.2, 0.25) is 0 Å². The summed E-state index contributed by atoms with van der Waals surface area (Å²) in [5.41, 5.74) is 0.884. The summed E-state index contributed by atoms with van der Waals surface area (Å²) in [4.78, 5) is 27.8. The number of carbonyl (C=O) groups is 2. The third-order valence-corrected chi connectivity index (χ3v) is 3.71. The Bertz CT molecular complexity index is 747. The summed E-state index contributed by atoms with van der Waals surface area (Å²) >= 11 is 1.33. The number of benzene rings is 1. The van der Waals surface area contributed by atoms with E-state index in [9.17, 15) is 22.8 Å². The fraction of sp³-hybridized carbons (Fsp3) is 0.267. The lowest BCUT2D eigenvalue weighted by Crippen LogP contribution is -2.41. The molecule has 1 aromatic heterocycles. The lowest BCUT2D eigenvalue weighted by Gasteiger charge is -2.12. The summed E-state index contributed by atoms with van der Waals surface area (Å²) in [6.07, 6.45) is -1.35. The first-order chi connectivity index (χ1) is 11.8. The van der Waals surface area contributed by atoms with Gasteiger partial charge in [-0.15, -0.1) is 0 Å². The number of imidazole rings is 1. The van der Waals surface area contributed by atoms with Crippen molar-refractivity contribution in [3.05, 3.63) is 42.2 Å². The SMILES string of the molecule is CSc1ncc(C(=O)NCC(=O)NCC(F)(F)F)n1-c1ccccc1. The molecule has 0 saturated heterocycles. The monoisotopic (exact) mass is 372 g/mol. The average Bonchev–Trinajstić information content (AvgIpc) is 3.02. The molecule has 1 heterocycles. The molecule has 6 nitrogen and oxygen atoms in total. The minimum absolute atomic E-state index is 0.180. The minimum Gasteiger partial charge on any atom is -0.345 e. The van der Waals surface area contributed by atoms with Crippen molar-refractivity contribution in [2.75, 3.05) is 19.3 Å². The van der Waals surface area contributed by atoms with Gasteiger partial charge >= 0.3 is 6.18 Å². The van der Waals surface area contributed by atoms with Gasteiger partial charge in [-0.1, -0.05) is 30.0 Å². The van der Waals surface area contributed by atoms with Gasteiger partial charge < -0.3 is 10.6 Å². The van der Waals surface area contributed by atoms with Crippen LogP contribution in [0.5, 0.6) is 0 Å². The third kappa shape index (κ3) is 5.24. The summed E-state index contributed by atoms with van der Waals surface area (Å²) in [7, 11) is 0. The Labute approximate surface area is 145 Å². The molecular weight excluding hydrogens is 357 g/mol. The number of carbonyl (C=O) groups excluding carboxylic acids is 2. The van der Waals surface area contributed by atoms with Crippen molar-refractivity contribution in [1.29, 1.82) is 0 Å². The van der Waals surface area contributed by atoms with Gasteiger partial charge in [-0.2, -0.15) is 13.2 Å². The van der Waals surface area contributed by atoms with E-state index in [0.717, 1.165) is 0 Å². The average molecular weight is 372 g/mol. The van der Waals surface area contributed by atoms with E-state index >= 15 is 0 Å². The zero-order valence-electron chi connectivity index (χ0n) is 13.1. The number of hydrogen-bond donors (Lipinski definition) is 2. The van der Waals surface area contributed by atoms with Gasteiger partial charge in [0.15, 0.2) is 5.16 Å². The quantitative estimate of drug-likeness (QED) is 0.761. The van der Waals surface area contributed by atoms with Gasteiger partial charge in [-0.05, 0) is 18.4 Å². The number of thioether (sulfide) groups is 1. The molecule has 0 aliphatic heterocycles. The van der Waals surface area contributed by atoms with Crippen LogP contribution in [0.4, 0.5) is 13.2 Å². The number of hydrogen-bond acceptors (Lipinski definition) is 4. The van der Waals surface area contributed by atoms with Crippen molar-refractivity contribution in [3.8, 4) is 5.69 Å². The number of nitrogens with one attached hydrogen (secondary N) is 2. The van der Waals surface area contributed by atoms with E-state index < -0.39 is 31.1 Å². The lowest BCUT2D eigenvalue weighted by atomic mass is 10.3. The van der Waals surface area contributed by atoms with E-state index in [0.29, 0.717) is 10.8 Å². The molecule has 2 N–H and O–H groups in total. The van der Waals surface area contributed by atoms with E-state index in [-0.39, 0.29) is 5.69 Å². The van der Waals surface area contributed by atoms with Crippen molar-refractivity contribution in [1.82, 2.24) is 20.2 Å². The maximum Gasteiger partial charge on any atom is 0.405 e. The van der Waals surface area contributed by atoms with Crippen LogP contribution in [0.15, 0.2) is 41.7 Å². The predicted molar refractivity (Wildman–Crippen MR) is 86.7 cm³/mol. The van der Waals surface area contributed by atoms with Gasteiger partial charge in [0.2, 0.25) is 5.91 Å². The van der Waals surface area contributed by atoms with Crippen LogP contribution in [0.1, 0.15) is 10.5 Å². The predicted octanol–water partition coefficient (Wildman–Crippen LogP) is 2.00. The van der Waals surface area contributed by atoms with Crippen LogP contribution in [0, 0.1) is 0 Å². The van der Waals surface area contributed by atoms with Crippen molar-refractivity contribution in [2.45, 2.75) is 11.3 Å². The number of halogens is 3. The van der Waals surface area contributed by atoms with Crippen LogP contribution in [-0.4, -0.2) is 46.9 Å². The Morgan fingerprint density at radius 3 is 2.48 bits per heavy atom. The summed E-state index contributed by atoms with van der Waals surface area (Å²) in [5.74, 6) is -1.54. The van der Waals surface area contributed by atoms with Gasteiger partial charge in [-0.25, -0.2) is 4.98 Å². The molecule has 2 amide bonds. The maximum absolute atomic E-state index is 12.3. The lowest BCUT2D eigenvalue weighted by molar-refractivity contribution is -0.137. The molecule has 134 valence electrons. The molecule has 10 heteroatoms. The van der Waals surface area contributed by atoms with Gasteiger partial charge in [-0.3, -0.25) is 14.2 Å². The molecule has 0 bridgehead atoms. The standard InChI is InChI=1S/C15H15F3N4O2S/c1-25-14-20-7-11(22(14)10-5-3-2-4-6-10)13(24)19-8-12(23)21-9-15(16,17)18/h2-7H,8-9H2,1H3,(H,19,24)(H,21,23). The summed E-state index contributed by atoms with van der Waals surface area (Å²) in [6, 6.07) is 8.99. The second kappa shape index (κ2) is 8.06. The van der Waals surface area contributed by atoms with E-state index in [1.54, 1.807) is 40.4 Å². The molecule has 2 rings (SSSR count). The maximum atomic E-state index is 12.3. The highest BCUT2D eigenvalue weighted by molar-refractivity contribution is 7.98. The van der Waals surface area contributed by atoms with Crippen LogP contribution in [-0.2, 0) is 4.79 Å². The molecule has 0 atom stereocenters. The second-order valence-electron chi connectivity index (χ2n) is 4.88. The van der Waals surface area contributed by atoms with Crippen molar-refractivity contribution in [2.24, 2.45) is 0 Å². The van der Waals surface area contributed by atoms with Gasteiger partial charge in [0.05, 0.1) is 12.7 Å². The number of rotatable bonds is 6. The molecule has 0 aliphatic carbocycles.